The molecule has 0 fully saturated rings. The molecule has 4 heteroatoms. The zero-order chi connectivity index (χ0) is 8.10. The zero-order valence-corrected chi connectivity index (χ0v) is 6.69. The highest BCUT2D eigenvalue weighted by Gasteiger charge is 1.91. The fraction of sp³-hybridized carbons (Fsp3) is 0.429. The standard InChI is InChI=1S/C7H11N3O/c1-3-11-9-6-7-8-4-5-10(7)2/h4-6H,3H2,1-2H3/b9-6+. The van der Waals surface area contributed by atoms with Gasteiger partial charge in [0.25, 0.3) is 0 Å². The monoisotopic (exact) mass is 153 g/mol. The Morgan fingerprint density at radius 3 is 3.18 bits per heavy atom. The molecule has 1 aromatic rings. The van der Waals surface area contributed by atoms with Crippen LogP contribution in [-0.4, -0.2) is 22.4 Å². The van der Waals surface area contributed by atoms with Crippen LogP contribution in [0.1, 0.15) is 12.7 Å². The first kappa shape index (κ1) is 7.78. The molecule has 60 valence electrons. The molecule has 0 aliphatic carbocycles. The molecule has 0 bridgehead atoms. The summed E-state index contributed by atoms with van der Waals surface area (Å²) in [5.74, 6) is 0.790. The minimum Gasteiger partial charge on any atom is -0.396 e. The molecule has 1 aromatic heterocycles. The van der Waals surface area contributed by atoms with Crippen molar-refractivity contribution in [2.24, 2.45) is 12.2 Å². The van der Waals surface area contributed by atoms with Gasteiger partial charge in [0.15, 0.2) is 5.82 Å². The Kier molecular flexibility index (Phi) is 2.66. The number of nitrogens with zero attached hydrogens (tertiary/aromatic N) is 3. The quantitative estimate of drug-likeness (QED) is 0.475. The third kappa shape index (κ3) is 2.07. The second-order valence-electron chi connectivity index (χ2n) is 2.05. The molecule has 0 saturated carbocycles. The van der Waals surface area contributed by atoms with Crippen molar-refractivity contribution in [3.63, 3.8) is 0 Å². The van der Waals surface area contributed by atoms with Gasteiger partial charge in [-0.15, -0.1) is 0 Å². The number of aromatic nitrogens is 2. The smallest absolute Gasteiger partial charge is 0.154 e. The summed E-state index contributed by atoms with van der Waals surface area (Å²) < 4.78 is 1.86. The van der Waals surface area contributed by atoms with Crippen LogP contribution in [0.25, 0.3) is 0 Å². The lowest BCUT2D eigenvalue weighted by Gasteiger charge is -1.92. The van der Waals surface area contributed by atoms with E-state index >= 15 is 0 Å². The van der Waals surface area contributed by atoms with Gasteiger partial charge in [-0.2, -0.15) is 0 Å². The topological polar surface area (TPSA) is 39.4 Å². The zero-order valence-electron chi connectivity index (χ0n) is 6.69. The van der Waals surface area contributed by atoms with E-state index in [-0.39, 0.29) is 0 Å². The number of oxime groups is 1. The molecular formula is C7H11N3O. The van der Waals surface area contributed by atoms with Gasteiger partial charge in [-0.1, -0.05) is 5.16 Å². The third-order valence-electron chi connectivity index (χ3n) is 1.23. The van der Waals surface area contributed by atoms with Crippen LogP contribution in [0.4, 0.5) is 0 Å². The number of aryl methyl sites for hydroxylation is 1. The van der Waals surface area contributed by atoms with Crippen LogP contribution >= 0.6 is 0 Å². The number of hydrogen-bond donors (Lipinski definition) is 0. The fourth-order valence-electron chi connectivity index (χ4n) is 0.660. The molecular weight excluding hydrogens is 142 g/mol. The Labute approximate surface area is 65.5 Å². The van der Waals surface area contributed by atoms with Crippen molar-refractivity contribution in [2.75, 3.05) is 6.61 Å². The molecule has 11 heavy (non-hydrogen) atoms. The maximum atomic E-state index is 4.78. The number of hydrogen-bond acceptors (Lipinski definition) is 3. The summed E-state index contributed by atoms with van der Waals surface area (Å²) in [4.78, 5) is 8.80. The van der Waals surface area contributed by atoms with Gasteiger partial charge in [0.2, 0.25) is 0 Å². The summed E-state index contributed by atoms with van der Waals surface area (Å²) in [7, 11) is 1.90. The van der Waals surface area contributed by atoms with Gasteiger partial charge in [0.05, 0.1) is 0 Å². The maximum absolute atomic E-state index is 4.78. The van der Waals surface area contributed by atoms with Gasteiger partial charge in [-0.3, -0.25) is 0 Å². The second kappa shape index (κ2) is 3.75. The van der Waals surface area contributed by atoms with Crippen LogP contribution in [0.15, 0.2) is 17.5 Å². The third-order valence-corrected chi connectivity index (χ3v) is 1.23. The van der Waals surface area contributed by atoms with Gasteiger partial charge >= 0.3 is 0 Å². The summed E-state index contributed by atoms with van der Waals surface area (Å²) in [6.07, 6.45) is 5.16. The van der Waals surface area contributed by atoms with E-state index in [0.717, 1.165) is 5.82 Å². The summed E-state index contributed by atoms with van der Waals surface area (Å²) in [6, 6.07) is 0. The average Bonchev–Trinajstić information content (AvgIpc) is 2.37. The Bertz CT molecular complexity index is 242. The van der Waals surface area contributed by atoms with E-state index in [1.54, 1.807) is 12.4 Å². The van der Waals surface area contributed by atoms with Crippen LogP contribution in [0.2, 0.25) is 0 Å². The van der Waals surface area contributed by atoms with Crippen LogP contribution in [-0.2, 0) is 11.9 Å². The van der Waals surface area contributed by atoms with E-state index in [1.165, 1.54) is 0 Å². The lowest BCUT2D eigenvalue weighted by atomic mass is 10.7. The van der Waals surface area contributed by atoms with E-state index < -0.39 is 0 Å². The molecule has 0 aliphatic heterocycles. The van der Waals surface area contributed by atoms with Crippen molar-refractivity contribution in [1.29, 1.82) is 0 Å². The fourth-order valence-corrected chi connectivity index (χ4v) is 0.660. The second-order valence-corrected chi connectivity index (χ2v) is 2.05. The van der Waals surface area contributed by atoms with Crippen molar-refractivity contribution in [3.8, 4) is 0 Å². The van der Waals surface area contributed by atoms with Gasteiger partial charge < -0.3 is 9.40 Å². The molecule has 0 aliphatic rings. The van der Waals surface area contributed by atoms with Crippen LogP contribution in [0.3, 0.4) is 0 Å². The van der Waals surface area contributed by atoms with E-state index in [4.69, 9.17) is 4.84 Å². The maximum Gasteiger partial charge on any atom is 0.154 e. The molecule has 0 atom stereocenters. The molecule has 0 N–H and O–H groups in total. The summed E-state index contributed by atoms with van der Waals surface area (Å²) in [5.41, 5.74) is 0. The first-order chi connectivity index (χ1) is 5.34. The minimum absolute atomic E-state index is 0.584. The van der Waals surface area contributed by atoms with Crippen molar-refractivity contribution in [2.45, 2.75) is 6.92 Å². The molecule has 4 nitrogen and oxygen atoms in total. The van der Waals surface area contributed by atoms with Gasteiger partial charge in [0, 0.05) is 19.4 Å². The molecule has 1 rings (SSSR count). The molecule has 0 spiro atoms. The highest BCUT2D eigenvalue weighted by molar-refractivity contribution is 5.74. The normalized spacial score (nSPS) is 10.7. The van der Waals surface area contributed by atoms with Crippen molar-refractivity contribution >= 4 is 6.21 Å². The predicted molar refractivity (Wildman–Crippen MR) is 42.4 cm³/mol. The number of imidazole rings is 1. The van der Waals surface area contributed by atoms with Crippen LogP contribution in [0.5, 0.6) is 0 Å². The Morgan fingerprint density at radius 2 is 2.64 bits per heavy atom. The lowest BCUT2D eigenvalue weighted by Crippen LogP contribution is -1.95. The highest BCUT2D eigenvalue weighted by Crippen LogP contribution is 1.89. The van der Waals surface area contributed by atoms with Gasteiger partial charge in [-0.25, -0.2) is 4.98 Å². The van der Waals surface area contributed by atoms with Crippen molar-refractivity contribution < 1.29 is 4.84 Å². The van der Waals surface area contributed by atoms with Crippen molar-refractivity contribution in [1.82, 2.24) is 9.55 Å². The predicted octanol–water partition coefficient (Wildman–Crippen LogP) is 0.790. The Hall–Kier alpha value is -1.32. The van der Waals surface area contributed by atoms with Gasteiger partial charge in [-0.05, 0) is 6.92 Å². The SMILES string of the molecule is CCO/N=C/c1nccn1C. The Morgan fingerprint density at radius 1 is 1.82 bits per heavy atom. The van der Waals surface area contributed by atoms with E-state index in [9.17, 15) is 0 Å². The van der Waals surface area contributed by atoms with Crippen molar-refractivity contribution in [3.05, 3.63) is 18.2 Å². The molecule has 0 unspecified atom stereocenters. The molecule has 0 saturated heterocycles. The molecule has 0 radical (unpaired) electrons. The molecule has 0 aromatic carbocycles. The first-order valence-corrected chi connectivity index (χ1v) is 3.47. The Balaban J connectivity index is 2.56. The van der Waals surface area contributed by atoms with Gasteiger partial charge in [0.1, 0.15) is 12.8 Å². The molecule has 1 heterocycles. The largest absolute Gasteiger partial charge is 0.396 e. The summed E-state index contributed by atoms with van der Waals surface area (Å²) in [6.45, 7) is 2.47. The highest BCUT2D eigenvalue weighted by atomic mass is 16.6. The van der Waals surface area contributed by atoms with E-state index in [0.29, 0.717) is 6.61 Å². The minimum atomic E-state index is 0.584. The summed E-state index contributed by atoms with van der Waals surface area (Å²) in [5, 5.41) is 3.68. The average molecular weight is 153 g/mol. The summed E-state index contributed by atoms with van der Waals surface area (Å²) >= 11 is 0. The van der Waals surface area contributed by atoms with E-state index in [1.807, 2.05) is 24.7 Å². The van der Waals surface area contributed by atoms with Crippen LogP contribution in [0, 0.1) is 0 Å². The van der Waals surface area contributed by atoms with E-state index in [2.05, 4.69) is 10.1 Å². The lowest BCUT2D eigenvalue weighted by molar-refractivity contribution is 0.160. The molecule has 0 amide bonds. The first-order valence-electron chi connectivity index (χ1n) is 3.47. The number of rotatable bonds is 3. The van der Waals surface area contributed by atoms with Crippen LogP contribution < -0.4 is 0 Å².